The number of ketones is 1. The highest BCUT2D eigenvalue weighted by Gasteiger charge is 2.41. The summed E-state index contributed by atoms with van der Waals surface area (Å²) in [4.78, 5) is 101. The molecule has 6 amide bonds. The fourth-order valence-corrected chi connectivity index (χ4v) is 8.23. The molecule has 0 aromatic carbocycles. The number of carbonyl (C=O) groups is 7. The molecule has 1 aromatic heterocycles. The number of amides is 6. The normalized spacial score (nSPS) is 21.5. The lowest BCUT2D eigenvalue weighted by atomic mass is 9.79. The summed E-state index contributed by atoms with van der Waals surface area (Å²) in [6.45, 7) is 7.81. The molecule has 2 aliphatic heterocycles. The first-order valence-electron chi connectivity index (χ1n) is 20.7. The molecule has 15 heteroatoms. The predicted molar refractivity (Wildman–Crippen MR) is 209 cm³/mol. The lowest BCUT2D eigenvalue weighted by Gasteiger charge is -2.38. The number of hydrogen-bond donors (Lipinski definition) is 5. The molecule has 56 heavy (non-hydrogen) atoms. The molecule has 0 unspecified atom stereocenters. The van der Waals surface area contributed by atoms with E-state index in [1.807, 2.05) is 6.92 Å². The second-order valence-electron chi connectivity index (χ2n) is 15.9. The summed E-state index contributed by atoms with van der Waals surface area (Å²) in [7, 11) is 0. The molecule has 2 saturated heterocycles. The minimum Gasteiger partial charge on any atom is -0.391 e. The van der Waals surface area contributed by atoms with Gasteiger partial charge in [-0.15, -0.1) is 0 Å². The number of piperidine rings is 1. The summed E-state index contributed by atoms with van der Waals surface area (Å²) >= 11 is 0. The standard InChI is InChI=1S/C41H63N7O8/c1-5-20-43-39(54)36(28(4)49)46-38(53)33-15-11-24-47(33)40(55)27(3)44-37(52)32-14-9-10-23-48(32)41(56)31(16-17-34(50)30-18-21-42-22-19-30)45-35(51)25-26(2)29-12-7-6-8-13-29/h18-19,21-22,26-29,31-33,36,49H,5-17,20,23-25H2,1-4H3,(H,43,54)(H,44,52)(H,45,51)(H,46,53)/t26-,27-,28+,31-,32-,33-,36-/m0/s1. The van der Waals surface area contributed by atoms with Gasteiger partial charge in [-0.3, -0.25) is 38.5 Å². The van der Waals surface area contributed by atoms with Crippen LogP contribution in [0.25, 0.3) is 0 Å². The van der Waals surface area contributed by atoms with Crippen LogP contribution in [-0.4, -0.2) is 117 Å². The van der Waals surface area contributed by atoms with Crippen LogP contribution in [0.1, 0.15) is 128 Å². The average molecular weight is 782 g/mol. The molecule has 5 N–H and O–H groups in total. The SMILES string of the molecule is CCCNC(=O)[C@@H](NC(=O)[C@@H]1CCCN1C(=O)[C@H](C)NC(=O)[C@@H]1CCCCN1C(=O)[C@H](CCC(=O)c1ccncc1)NC(=O)C[C@H](C)C1CCCCC1)[C@@H](C)O. The second-order valence-corrected chi connectivity index (χ2v) is 15.9. The number of pyridine rings is 1. The lowest BCUT2D eigenvalue weighted by Crippen LogP contribution is -2.60. The van der Waals surface area contributed by atoms with Crippen molar-refractivity contribution in [1.82, 2.24) is 36.1 Å². The highest BCUT2D eigenvalue weighted by atomic mass is 16.3. The Balaban J connectivity index is 1.43. The molecule has 1 saturated carbocycles. The van der Waals surface area contributed by atoms with Crippen molar-refractivity contribution in [2.45, 2.75) is 154 Å². The Morgan fingerprint density at radius 2 is 1.39 bits per heavy atom. The van der Waals surface area contributed by atoms with E-state index in [-0.39, 0.29) is 50.0 Å². The summed E-state index contributed by atoms with van der Waals surface area (Å²) in [6.07, 6.45) is 11.1. The second kappa shape index (κ2) is 21.8. The summed E-state index contributed by atoms with van der Waals surface area (Å²) in [5.41, 5.74) is 0.454. The zero-order chi connectivity index (χ0) is 40.8. The van der Waals surface area contributed by atoms with Crippen molar-refractivity contribution in [2.24, 2.45) is 11.8 Å². The van der Waals surface area contributed by atoms with Crippen molar-refractivity contribution in [1.29, 1.82) is 0 Å². The number of hydrogen-bond acceptors (Lipinski definition) is 9. The van der Waals surface area contributed by atoms with Gasteiger partial charge in [-0.25, -0.2) is 0 Å². The van der Waals surface area contributed by atoms with E-state index in [0.29, 0.717) is 56.6 Å². The minimum absolute atomic E-state index is 0.00106. The van der Waals surface area contributed by atoms with Crippen LogP contribution in [-0.2, 0) is 28.8 Å². The molecular weight excluding hydrogens is 718 g/mol. The average Bonchev–Trinajstić information content (AvgIpc) is 3.70. The van der Waals surface area contributed by atoms with Crippen LogP contribution in [0.2, 0.25) is 0 Å². The Morgan fingerprint density at radius 1 is 0.786 bits per heavy atom. The molecule has 3 fully saturated rings. The fraction of sp³-hybridized carbons (Fsp3) is 0.707. The zero-order valence-electron chi connectivity index (χ0n) is 33.6. The van der Waals surface area contributed by atoms with Crippen molar-refractivity contribution in [3.05, 3.63) is 30.1 Å². The maximum absolute atomic E-state index is 14.3. The molecule has 4 rings (SSSR count). The van der Waals surface area contributed by atoms with Gasteiger partial charge in [-0.05, 0) is 82.8 Å². The molecule has 0 bridgehead atoms. The smallest absolute Gasteiger partial charge is 0.245 e. The van der Waals surface area contributed by atoms with E-state index in [4.69, 9.17) is 0 Å². The van der Waals surface area contributed by atoms with Gasteiger partial charge in [0.2, 0.25) is 35.4 Å². The van der Waals surface area contributed by atoms with Gasteiger partial charge >= 0.3 is 0 Å². The van der Waals surface area contributed by atoms with E-state index < -0.39 is 65.8 Å². The number of aromatic nitrogens is 1. The van der Waals surface area contributed by atoms with E-state index in [1.54, 1.807) is 12.1 Å². The number of likely N-dealkylation sites (tertiary alicyclic amines) is 2. The van der Waals surface area contributed by atoms with E-state index in [9.17, 15) is 38.7 Å². The molecule has 0 radical (unpaired) electrons. The Kier molecular flexibility index (Phi) is 17.2. The Bertz CT molecular complexity index is 1520. The van der Waals surface area contributed by atoms with Crippen LogP contribution in [0.15, 0.2) is 24.5 Å². The summed E-state index contributed by atoms with van der Waals surface area (Å²) in [6, 6.07) is -1.85. The van der Waals surface area contributed by atoms with Crippen LogP contribution in [0, 0.1) is 11.8 Å². The van der Waals surface area contributed by atoms with Gasteiger partial charge in [0, 0.05) is 50.4 Å². The molecule has 1 aliphatic carbocycles. The number of Topliss-reactive ketones (excluding diaryl/α,β-unsaturated/α-hetero) is 1. The van der Waals surface area contributed by atoms with Gasteiger partial charge in [0.1, 0.15) is 30.2 Å². The number of nitrogens with zero attached hydrogens (tertiary/aromatic N) is 3. The van der Waals surface area contributed by atoms with E-state index in [0.717, 1.165) is 25.7 Å². The van der Waals surface area contributed by atoms with Gasteiger partial charge < -0.3 is 36.2 Å². The molecule has 15 nitrogen and oxygen atoms in total. The predicted octanol–water partition coefficient (Wildman–Crippen LogP) is 2.40. The minimum atomic E-state index is -1.19. The molecule has 3 aliphatic rings. The molecule has 0 spiro atoms. The van der Waals surface area contributed by atoms with Gasteiger partial charge in [0.15, 0.2) is 5.78 Å². The molecule has 7 atom stereocenters. The van der Waals surface area contributed by atoms with Crippen molar-refractivity contribution in [3.63, 3.8) is 0 Å². The molecule has 3 heterocycles. The zero-order valence-corrected chi connectivity index (χ0v) is 33.6. The number of carbonyl (C=O) groups excluding carboxylic acids is 7. The van der Waals surface area contributed by atoms with E-state index >= 15 is 0 Å². The van der Waals surface area contributed by atoms with E-state index in [2.05, 4.69) is 33.2 Å². The molecular formula is C41H63N7O8. The number of aliphatic hydroxyl groups excluding tert-OH is 1. The Hall–Kier alpha value is -4.40. The van der Waals surface area contributed by atoms with Crippen molar-refractivity contribution >= 4 is 41.2 Å². The third-order valence-electron chi connectivity index (χ3n) is 11.5. The van der Waals surface area contributed by atoms with Crippen molar-refractivity contribution in [2.75, 3.05) is 19.6 Å². The van der Waals surface area contributed by atoms with Crippen LogP contribution in [0.4, 0.5) is 0 Å². The first-order valence-corrected chi connectivity index (χ1v) is 20.7. The van der Waals surface area contributed by atoms with Crippen molar-refractivity contribution < 1.29 is 38.7 Å². The third kappa shape index (κ3) is 12.3. The lowest BCUT2D eigenvalue weighted by molar-refractivity contribution is -0.147. The number of aliphatic hydroxyl groups is 1. The van der Waals surface area contributed by atoms with Gasteiger partial charge in [0.25, 0.3) is 0 Å². The molecule has 1 aromatic rings. The third-order valence-corrected chi connectivity index (χ3v) is 11.5. The van der Waals surface area contributed by atoms with Crippen LogP contribution < -0.4 is 21.3 Å². The van der Waals surface area contributed by atoms with Crippen LogP contribution >= 0.6 is 0 Å². The maximum atomic E-state index is 14.3. The van der Waals surface area contributed by atoms with Gasteiger partial charge in [-0.2, -0.15) is 0 Å². The number of nitrogens with one attached hydrogen (secondary N) is 4. The fourth-order valence-electron chi connectivity index (χ4n) is 8.23. The van der Waals surface area contributed by atoms with E-state index in [1.165, 1.54) is 42.5 Å². The van der Waals surface area contributed by atoms with Crippen molar-refractivity contribution in [3.8, 4) is 0 Å². The first kappa shape index (κ1) is 44.3. The maximum Gasteiger partial charge on any atom is 0.245 e. The monoisotopic (exact) mass is 781 g/mol. The Labute approximate surface area is 330 Å². The highest BCUT2D eigenvalue weighted by molar-refractivity contribution is 5.98. The molecule has 310 valence electrons. The van der Waals surface area contributed by atoms with Gasteiger partial charge in [-0.1, -0.05) is 46.0 Å². The Morgan fingerprint density at radius 3 is 2.05 bits per heavy atom. The summed E-state index contributed by atoms with van der Waals surface area (Å²) in [5.74, 6) is -2.41. The number of rotatable bonds is 18. The first-order chi connectivity index (χ1) is 26.8. The van der Waals surface area contributed by atoms with Gasteiger partial charge in [0.05, 0.1) is 6.10 Å². The van der Waals surface area contributed by atoms with Crippen LogP contribution in [0.3, 0.4) is 0 Å². The highest BCUT2D eigenvalue weighted by Crippen LogP contribution is 2.31. The summed E-state index contributed by atoms with van der Waals surface area (Å²) < 4.78 is 0. The largest absolute Gasteiger partial charge is 0.391 e. The van der Waals surface area contributed by atoms with Crippen LogP contribution in [0.5, 0.6) is 0 Å². The topological polar surface area (TPSA) is 207 Å². The quantitative estimate of drug-likeness (QED) is 0.139. The summed E-state index contributed by atoms with van der Waals surface area (Å²) in [5, 5.41) is 21.2.